The van der Waals surface area contributed by atoms with E-state index in [9.17, 15) is 54.6 Å². The molecule has 0 fully saturated rings. The number of carboxylic acid groups (broad SMARTS) is 5. The fourth-order valence-corrected chi connectivity index (χ4v) is 5.55. The van der Waals surface area contributed by atoms with Crippen molar-refractivity contribution in [2.45, 2.75) is 37.8 Å². The van der Waals surface area contributed by atoms with Gasteiger partial charge in [-0.05, 0) is 35.2 Å². The Bertz CT molecular complexity index is 1520. The van der Waals surface area contributed by atoms with Crippen LogP contribution in [-0.4, -0.2) is 120 Å². The lowest BCUT2D eigenvalue weighted by Crippen LogP contribution is -2.59. The fraction of sp³-hybridized carbons (Fsp3) is 0.378. The number of nitrogens with zero attached hydrogens (tertiary/aromatic N) is 3. The minimum atomic E-state index is -1.67. The van der Waals surface area contributed by atoms with Gasteiger partial charge in [-0.1, -0.05) is 72.8 Å². The molecule has 0 aliphatic heterocycles. The first-order valence-electron chi connectivity index (χ1n) is 16.6. The molecule has 0 saturated heterocycles. The quantitative estimate of drug-likeness (QED) is 0.0812. The molecule has 0 amide bonds. The molecule has 0 heterocycles. The Morgan fingerprint density at radius 1 is 0.509 bits per heavy atom. The summed E-state index contributed by atoms with van der Waals surface area (Å²) in [5.74, 6) is -8.30. The molecular formula is C37H40N3O13-5. The van der Waals surface area contributed by atoms with Gasteiger partial charge in [0.2, 0.25) is 0 Å². The molecule has 286 valence electrons. The molecule has 3 rings (SSSR count). The third-order valence-electron chi connectivity index (χ3n) is 8.29. The van der Waals surface area contributed by atoms with E-state index in [1.165, 1.54) is 29.2 Å². The molecule has 0 radical (unpaired) electrons. The van der Waals surface area contributed by atoms with Crippen LogP contribution in [0.15, 0.2) is 84.9 Å². The highest BCUT2D eigenvalue weighted by atomic mass is 16.5. The van der Waals surface area contributed by atoms with Gasteiger partial charge >= 0.3 is 0 Å². The summed E-state index contributed by atoms with van der Waals surface area (Å²) in [6.45, 7) is -4.30. The van der Waals surface area contributed by atoms with E-state index in [2.05, 4.69) is 0 Å². The molecule has 3 aromatic rings. The van der Waals surface area contributed by atoms with Gasteiger partial charge in [0.1, 0.15) is 5.75 Å². The van der Waals surface area contributed by atoms with Crippen molar-refractivity contribution in [2.75, 3.05) is 52.5 Å². The number of aliphatic carboxylic acids is 5. The van der Waals surface area contributed by atoms with E-state index in [4.69, 9.17) is 9.47 Å². The molecule has 0 aliphatic rings. The third-order valence-corrected chi connectivity index (χ3v) is 8.29. The van der Waals surface area contributed by atoms with E-state index >= 15 is 0 Å². The number of carbonyl (C=O) groups excluding carboxylic acids is 5. The van der Waals surface area contributed by atoms with Gasteiger partial charge in [0.25, 0.3) is 0 Å². The molecule has 0 bridgehead atoms. The van der Waals surface area contributed by atoms with Gasteiger partial charge in [0.15, 0.2) is 0 Å². The van der Waals surface area contributed by atoms with E-state index < -0.39 is 87.4 Å². The molecule has 53 heavy (non-hydrogen) atoms. The molecule has 16 heteroatoms. The zero-order chi connectivity index (χ0) is 38.8. The standard InChI is InChI=1S/C37H45N3O13/c41-29-13-11-26(12-14-29)19-30(35(46)47)38(15-17-39(20-33(42)43)31(36(48)49)24-52-22-27-7-3-1-4-8-27)16-18-40(21-34(44)45)32(37(50)51)25-53-23-28-9-5-2-6-10-28/h1-14,30-32,41H,15-25H2,(H,42,43)(H,44,45)(H,46,47)(H,48,49)(H,50,51)/p-5/t30-,31+,32+/m0/s1. The monoisotopic (exact) mass is 734 g/mol. The smallest absolute Gasteiger partial charge is 0.115 e. The van der Waals surface area contributed by atoms with Crippen molar-refractivity contribution in [2.24, 2.45) is 0 Å². The van der Waals surface area contributed by atoms with Crippen molar-refractivity contribution in [1.82, 2.24) is 14.7 Å². The summed E-state index contributed by atoms with van der Waals surface area (Å²) in [5.41, 5.74) is 1.87. The number of ether oxygens (including phenoxy) is 2. The van der Waals surface area contributed by atoms with Crippen LogP contribution in [0.25, 0.3) is 0 Å². The number of hydrogen-bond acceptors (Lipinski definition) is 16. The second kappa shape index (κ2) is 21.9. The highest BCUT2D eigenvalue weighted by Gasteiger charge is 2.27. The predicted molar refractivity (Wildman–Crippen MR) is 175 cm³/mol. The highest BCUT2D eigenvalue weighted by Crippen LogP contribution is 2.16. The summed E-state index contributed by atoms with van der Waals surface area (Å²) in [6.07, 6.45) is -0.224. The van der Waals surface area contributed by atoms with Crippen molar-refractivity contribution >= 4 is 29.8 Å². The Morgan fingerprint density at radius 2 is 0.887 bits per heavy atom. The number of phenols is 1. The van der Waals surface area contributed by atoms with Crippen LogP contribution < -0.4 is 25.5 Å². The minimum Gasteiger partial charge on any atom is -0.549 e. The summed E-state index contributed by atoms with van der Waals surface area (Å²) in [4.78, 5) is 63.7. The lowest BCUT2D eigenvalue weighted by molar-refractivity contribution is -0.318. The van der Waals surface area contributed by atoms with Crippen LogP contribution in [0.5, 0.6) is 5.75 Å². The number of aromatic hydroxyl groups is 1. The topological polar surface area (TPSA) is 249 Å². The zero-order valence-corrected chi connectivity index (χ0v) is 28.8. The number of phenolic OH excluding ortho intramolecular Hbond substituents is 1. The highest BCUT2D eigenvalue weighted by molar-refractivity contribution is 5.74. The molecule has 16 nitrogen and oxygen atoms in total. The van der Waals surface area contributed by atoms with Crippen molar-refractivity contribution < 1.29 is 64.1 Å². The van der Waals surface area contributed by atoms with Gasteiger partial charge in [-0.25, -0.2) is 0 Å². The first-order valence-corrected chi connectivity index (χ1v) is 16.6. The average molecular weight is 735 g/mol. The van der Waals surface area contributed by atoms with Crippen LogP contribution in [0.3, 0.4) is 0 Å². The zero-order valence-electron chi connectivity index (χ0n) is 28.8. The van der Waals surface area contributed by atoms with Crippen LogP contribution in [0.2, 0.25) is 0 Å². The summed E-state index contributed by atoms with van der Waals surface area (Å²) in [7, 11) is 0. The SMILES string of the molecule is O=C([O-])CN(CCN(CCN(CC(=O)[O-])[C@H](COCc1ccccc1)C(=O)[O-])[C@@H](Cc1ccc(O)cc1)C(=O)[O-])[C@H](COCc1ccccc1)C(=O)[O-]. The number of hydrogen-bond donors (Lipinski definition) is 1. The average Bonchev–Trinajstić information content (AvgIpc) is 3.11. The second-order valence-electron chi connectivity index (χ2n) is 12.1. The second-order valence-corrected chi connectivity index (χ2v) is 12.1. The number of benzene rings is 3. The largest absolute Gasteiger partial charge is 0.549 e. The summed E-state index contributed by atoms with van der Waals surface area (Å²) >= 11 is 0. The van der Waals surface area contributed by atoms with E-state index in [1.807, 2.05) is 0 Å². The maximum absolute atomic E-state index is 12.6. The summed E-state index contributed by atoms with van der Waals surface area (Å²) < 4.78 is 11.1. The Kier molecular flexibility index (Phi) is 17.3. The van der Waals surface area contributed by atoms with Crippen LogP contribution in [-0.2, 0) is 53.1 Å². The van der Waals surface area contributed by atoms with Gasteiger partial charge < -0.3 is 64.1 Å². The third kappa shape index (κ3) is 15.0. The van der Waals surface area contributed by atoms with E-state index in [0.29, 0.717) is 5.56 Å². The van der Waals surface area contributed by atoms with Crippen molar-refractivity contribution in [1.29, 1.82) is 0 Å². The molecule has 0 aromatic heterocycles. The van der Waals surface area contributed by atoms with Gasteiger partial charge in [-0.2, -0.15) is 0 Å². The van der Waals surface area contributed by atoms with E-state index in [0.717, 1.165) is 20.9 Å². The number of carboxylic acids is 5. The van der Waals surface area contributed by atoms with Crippen molar-refractivity contribution in [3.8, 4) is 5.75 Å². The number of rotatable bonds is 26. The lowest BCUT2D eigenvalue weighted by atomic mass is 10.0. The fourth-order valence-electron chi connectivity index (χ4n) is 5.55. The molecule has 3 aromatic carbocycles. The van der Waals surface area contributed by atoms with Gasteiger partial charge in [-0.15, -0.1) is 0 Å². The Labute approximate surface area is 306 Å². The van der Waals surface area contributed by atoms with Crippen molar-refractivity contribution in [3.63, 3.8) is 0 Å². The molecule has 0 saturated carbocycles. The number of carbonyl (C=O) groups is 5. The molecule has 3 atom stereocenters. The first-order chi connectivity index (χ1) is 25.3. The molecule has 0 unspecified atom stereocenters. The summed E-state index contributed by atoms with van der Waals surface area (Å²) in [6, 6.07) is 18.4. The van der Waals surface area contributed by atoms with Crippen LogP contribution >= 0.6 is 0 Å². The van der Waals surface area contributed by atoms with Gasteiger partial charge in [0, 0.05) is 39.3 Å². The van der Waals surface area contributed by atoms with Crippen LogP contribution in [0.4, 0.5) is 0 Å². The lowest BCUT2D eigenvalue weighted by Gasteiger charge is -2.39. The first kappa shape index (κ1) is 42.0. The molecule has 0 aliphatic carbocycles. The predicted octanol–water partition coefficient (Wildman–Crippen LogP) is -4.87. The van der Waals surface area contributed by atoms with Gasteiger partial charge in [0.05, 0.1) is 74.4 Å². The van der Waals surface area contributed by atoms with Crippen LogP contribution in [0, 0.1) is 0 Å². The maximum Gasteiger partial charge on any atom is 0.115 e. The van der Waals surface area contributed by atoms with Crippen molar-refractivity contribution in [3.05, 3.63) is 102 Å². The molecule has 0 spiro atoms. The Morgan fingerprint density at radius 3 is 1.25 bits per heavy atom. The Balaban J connectivity index is 1.87. The summed E-state index contributed by atoms with van der Waals surface area (Å²) in [5, 5.41) is 70.2. The molecular weight excluding hydrogens is 694 g/mol. The normalized spacial score (nSPS) is 13.1. The van der Waals surface area contributed by atoms with E-state index in [1.54, 1.807) is 60.7 Å². The minimum absolute atomic E-state index is 0.00176. The molecule has 1 N–H and O–H groups in total. The van der Waals surface area contributed by atoms with Crippen LogP contribution in [0.1, 0.15) is 16.7 Å². The van der Waals surface area contributed by atoms with Gasteiger partial charge in [-0.3, -0.25) is 14.7 Å². The van der Waals surface area contributed by atoms with E-state index in [-0.39, 0.29) is 38.5 Å². The Hall–Kier alpha value is -5.39. The maximum atomic E-state index is 12.6.